The molecule has 0 aliphatic heterocycles. The van der Waals surface area contributed by atoms with E-state index in [1.165, 1.54) is 23.8 Å². The van der Waals surface area contributed by atoms with E-state index in [4.69, 9.17) is 9.47 Å². The molecule has 0 saturated heterocycles. The first-order valence-corrected chi connectivity index (χ1v) is 10.4. The normalized spacial score (nSPS) is 10.8. The summed E-state index contributed by atoms with van der Waals surface area (Å²) in [5.74, 6) is -1.52. The topological polar surface area (TPSA) is 117 Å². The number of benzene rings is 1. The summed E-state index contributed by atoms with van der Waals surface area (Å²) in [7, 11) is 0. The molecule has 3 rings (SSSR count). The molecule has 0 aliphatic rings. The predicted molar refractivity (Wildman–Crippen MR) is 115 cm³/mol. The monoisotopic (exact) mass is 443 g/mol. The molecule has 0 fully saturated rings. The standard InChI is InChI=1S/C21H21N3O6S/c1-4-29-21(28)15-10-31-18-17(15)19(26)24(11-22-18)9-16(25)23-14-7-5-13(6-8-14)20(27)30-12(2)3/h5-8,10-12H,4,9H2,1-3H3,(H,23,25). The Balaban J connectivity index is 1.74. The second-order valence-corrected chi connectivity index (χ2v) is 7.67. The van der Waals surface area contributed by atoms with E-state index in [0.29, 0.717) is 16.1 Å². The minimum absolute atomic E-state index is 0.131. The third kappa shape index (κ3) is 5.15. The molecule has 10 heteroatoms. The molecule has 9 nitrogen and oxygen atoms in total. The van der Waals surface area contributed by atoms with Crippen LogP contribution in [0.5, 0.6) is 0 Å². The van der Waals surface area contributed by atoms with Gasteiger partial charge in [0.15, 0.2) is 0 Å². The molecule has 31 heavy (non-hydrogen) atoms. The number of anilines is 1. The third-order valence-electron chi connectivity index (χ3n) is 4.12. The van der Waals surface area contributed by atoms with Gasteiger partial charge in [0.1, 0.15) is 11.4 Å². The van der Waals surface area contributed by atoms with Gasteiger partial charge in [0.2, 0.25) is 5.91 Å². The smallest absolute Gasteiger partial charge is 0.339 e. The van der Waals surface area contributed by atoms with Crippen LogP contribution in [0.3, 0.4) is 0 Å². The zero-order valence-corrected chi connectivity index (χ0v) is 18.0. The lowest BCUT2D eigenvalue weighted by atomic mass is 10.2. The summed E-state index contributed by atoms with van der Waals surface area (Å²) in [4.78, 5) is 53.7. The zero-order valence-electron chi connectivity index (χ0n) is 17.2. The van der Waals surface area contributed by atoms with Crippen LogP contribution in [0.15, 0.2) is 40.8 Å². The van der Waals surface area contributed by atoms with Crippen LogP contribution in [0, 0.1) is 0 Å². The van der Waals surface area contributed by atoms with Crippen molar-refractivity contribution >= 4 is 45.1 Å². The van der Waals surface area contributed by atoms with Crippen molar-refractivity contribution in [1.29, 1.82) is 0 Å². The Morgan fingerprint density at radius 1 is 1.16 bits per heavy atom. The van der Waals surface area contributed by atoms with Crippen molar-refractivity contribution in [3.05, 3.63) is 57.5 Å². The molecule has 0 radical (unpaired) electrons. The minimum atomic E-state index is -0.606. The Morgan fingerprint density at radius 3 is 2.52 bits per heavy atom. The molecule has 0 aliphatic carbocycles. The van der Waals surface area contributed by atoms with Crippen molar-refractivity contribution in [2.24, 2.45) is 0 Å². The summed E-state index contributed by atoms with van der Waals surface area (Å²) >= 11 is 1.16. The molecule has 2 heterocycles. The summed E-state index contributed by atoms with van der Waals surface area (Å²) < 4.78 is 11.2. The molecule has 1 aromatic carbocycles. The number of amides is 1. The molecule has 0 atom stereocenters. The number of thiophene rings is 1. The van der Waals surface area contributed by atoms with Gasteiger partial charge in [-0.15, -0.1) is 11.3 Å². The number of nitrogens with one attached hydrogen (secondary N) is 1. The van der Waals surface area contributed by atoms with E-state index in [9.17, 15) is 19.2 Å². The number of aromatic nitrogens is 2. The maximum Gasteiger partial charge on any atom is 0.339 e. The fraction of sp³-hybridized carbons (Fsp3) is 0.286. The lowest BCUT2D eigenvalue weighted by Gasteiger charge is -2.10. The largest absolute Gasteiger partial charge is 0.462 e. The van der Waals surface area contributed by atoms with Crippen LogP contribution < -0.4 is 10.9 Å². The number of ether oxygens (including phenoxy) is 2. The van der Waals surface area contributed by atoms with E-state index in [-0.39, 0.29) is 30.2 Å². The van der Waals surface area contributed by atoms with Gasteiger partial charge in [0, 0.05) is 11.1 Å². The van der Waals surface area contributed by atoms with Gasteiger partial charge in [-0.2, -0.15) is 0 Å². The van der Waals surface area contributed by atoms with Gasteiger partial charge in [-0.05, 0) is 45.0 Å². The van der Waals surface area contributed by atoms with Crippen molar-refractivity contribution in [3.8, 4) is 0 Å². The van der Waals surface area contributed by atoms with Crippen molar-refractivity contribution < 1.29 is 23.9 Å². The maximum atomic E-state index is 12.8. The molecule has 0 unspecified atom stereocenters. The highest BCUT2D eigenvalue weighted by Gasteiger charge is 2.19. The highest BCUT2D eigenvalue weighted by Crippen LogP contribution is 2.21. The molecular formula is C21H21N3O6S. The first kappa shape index (κ1) is 22.2. The quantitative estimate of drug-likeness (QED) is 0.558. The van der Waals surface area contributed by atoms with Gasteiger partial charge in [0.05, 0.1) is 35.6 Å². The Morgan fingerprint density at radius 2 is 1.87 bits per heavy atom. The van der Waals surface area contributed by atoms with Crippen molar-refractivity contribution in [2.45, 2.75) is 33.4 Å². The lowest BCUT2D eigenvalue weighted by Crippen LogP contribution is -2.28. The number of carbonyl (C=O) groups is 3. The van der Waals surface area contributed by atoms with Gasteiger partial charge in [-0.3, -0.25) is 14.2 Å². The van der Waals surface area contributed by atoms with E-state index in [1.54, 1.807) is 32.9 Å². The average molecular weight is 443 g/mol. The first-order chi connectivity index (χ1) is 14.8. The van der Waals surface area contributed by atoms with E-state index < -0.39 is 23.4 Å². The van der Waals surface area contributed by atoms with Crippen LogP contribution in [0.1, 0.15) is 41.5 Å². The Hall–Kier alpha value is -3.53. The van der Waals surface area contributed by atoms with Crippen LogP contribution in [-0.4, -0.2) is 40.1 Å². The Bertz CT molecular complexity index is 1180. The second kappa shape index (κ2) is 9.52. The molecule has 0 saturated carbocycles. The molecule has 2 aromatic heterocycles. The number of rotatable bonds is 7. The predicted octanol–water partition coefficient (Wildman–Crippen LogP) is 2.84. The molecule has 0 bridgehead atoms. The molecule has 1 N–H and O–H groups in total. The van der Waals surface area contributed by atoms with E-state index in [0.717, 1.165) is 15.9 Å². The van der Waals surface area contributed by atoms with Crippen LogP contribution in [0.25, 0.3) is 10.2 Å². The summed E-state index contributed by atoms with van der Waals surface area (Å²) in [6.07, 6.45) is 1.03. The summed E-state index contributed by atoms with van der Waals surface area (Å²) in [5, 5.41) is 4.31. The highest BCUT2D eigenvalue weighted by atomic mass is 32.1. The Labute approximate surface area is 181 Å². The summed E-state index contributed by atoms with van der Waals surface area (Å²) in [5.41, 5.74) is 0.451. The number of fused-ring (bicyclic) bond motifs is 1. The van der Waals surface area contributed by atoms with Crippen molar-refractivity contribution in [3.63, 3.8) is 0 Å². The van der Waals surface area contributed by atoms with Crippen LogP contribution in [0.2, 0.25) is 0 Å². The number of hydrogen-bond donors (Lipinski definition) is 1. The molecule has 1 amide bonds. The zero-order chi connectivity index (χ0) is 22.5. The third-order valence-corrected chi connectivity index (χ3v) is 5.00. The van der Waals surface area contributed by atoms with Crippen molar-refractivity contribution in [2.75, 3.05) is 11.9 Å². The lowest BCUT2D eigenvalue weighted by molar-refractivity contribution is -0.116. The second-order valence-electron chi connectivity index (χ2n) is 6.81. The maximum absolute atomic E-state index is 12.8. The van der Waals surface area contributed by atoms with Gasteiger partial charge in [0.25, 0.3) is 5.56 Å². The molecule has 3 aromatic rings. The fourth-order valence-corrected chi connectivity index (χ4v) is 3.63. The summed E-state index contributed by atoms with van der Waals surface area (Å²) in [6, 6.07) is 6.21. The number of esters is 2. The van der Waals surface area contributed by atoms with E-state index >= 15 is 0 Å². The first-order valence-electron chi connectivity index (χ1n) is 9.54. The van der Waals surface area contributed by atoms with Gasteiger partial charge in [-0.1, -0.05) is 0 Å². The van der Waals surface area contributed by atoms with Crippen LogP contribution in [-0.2, 0) is 20.8 Å². The minimum Gasteiger partial charge on any atom is -0.462 e. The average Bonchev–Trinajstić information content (AvgIpc) is 3.15. The number of carbonyl (C=O) groups excluding carboxylic acids is 3. The van der Waals surface area contributed by atoms with Crippen LogP contribution >= 0.6 is 11.3 Å². The number of nitrogens with zero attached hydrogens (tertiary/aromatic N) is 2. The summed E-state index contributed by atoms with van der Waals surface area (Å²) in [6.45, 7) is 5.07. The highest BCUT2D eigenvalue weighted by molar-refractivity contribution is 7.17. The van der Waals surface area contributed by atoms with Crippen molar-refractivity contribution in [1.82, 2.24) is 9.55 Å². The molecule has 0 spiro atoms. The number of hydrogen-bond acceptors (Lipinski definition) is 8. The fourth-order valence-electron chi connectivity index (χ4n) is 2.77. The van der Waals surface area contributed by atoms with E-state index in [1.807, 2.05) is 0 Å². The molecule has 162 valence electrons. The van der Waals surface area contributed by atoms with Gasteiger partial charge < -0.3 is 14.8 Å². The molecular weight excluding hydrogens is 422 g/mol. The SMILES string of the molecule is CCOC(=O)c1csc2ncn(CC(=O)Nc3ccc(C(=O)OC(C)C)cc3)c(=O)c12. The van der Waals surface area contributed by atoms with E-state index in [2.05, 4.69) is 10.3 Å². The van der Waals surface area contributed by atoms with Crippen LogP contribution in [0.4, 0.5) is 5.69 Å². The van der Waals surface area contributed by atoms with Gasteiger partial charge >= 0.3 is 11.9 Å². The Kier molecular flexibility index (Phi) is 6.81. The van der Waals surface area contributed by atoms with Gasteiger partial charge in [-0.25, -0.2) is 14.6 Å².